The smallest absolute Gasteiger partial charge is 0.220 e. The van der Waals surface area contributed by atoms with E-state index in [-0.39, 0.29) is 17.4 Å². The summed E-state index contributed by atoms with van der Waals surface area (Å²) in [5, 5.41) is 3.07. The highest BCUT2D eigenvalue weighted by molar-refractivity contribution is 5.79. The molecule has 3 heteroatoms. The highest BCUT2D eigenvalue weighted by Crippen LogP contribution is 2.41. The molecule has 2 atom stereocenters. The van der Waals surface area contributed by atoms with Crippen LogP contribution in [-0.4, -0.2) is 12.5 Å². The van der Waals surface area contributed by atoms with E-state index >= 15 is 0 Å². The van der Waals surface area contributed by atoms with E-state index in [0.29, 0.717) is 18.9 Å². The van der Waals surface area contributed by atoms with Crippen molar-refractivity contribution in [3.05, 3.63) is 29.3 Å². The number of hydrogen-bond donors (Lipinski definition) is 1. The molecule has 0 unspecified atom stereocenters. The summed E-state index contributed by atoms with van der Waals surface area (Å²) in [6, 6.07) is 6.49. The maximum atomic E-state index is 11.5. The van der Waals surface area contributed by atoms with E-state index in [4.69, 9.17) is 4.74 Å². The summed E-state index contributed by atoms with van der Waals surface area (Å²) in [5.41, 5.74) is 2.54. The van der Waals surface area contributed by atoms with E-state index < -0.39 is 0 Å². The number of ether oxygens (including phenoxy) is 1. The first-order valence-corrected chi connectivity index (χ1v) is 6.52. The van der Waals surface area contributed by atoms with Crippen LogP contribution < -0.4 is 10.1 Å². The van der Waals surface area contributed by atoms with Crippen LogP contribution in [0.5, 0.6) is 5.75 Å². The Hall–Kier alpha value is -1.51. The number of fused-ring (bicyclic) bond motifs is 3. The van der Waals surface area contributed by atoms with Crippen LogP contribution in [0.25, 0.3) is 0 Å². The first-order valence-electron chi connectivity index (χ1n) is 6.52. The van der Waals surface area contributed by atoms with Crippen LogP contribution in [-0.2, 0) is 10.2 Å². The fourth-order valence-corrected chi connectivity index (χ4v) is 2.78. The Bertz CT molecular complexity index is 502. The molecule has 1 fully saturated rings. The third kappa shape index (κ3) is 1.78. The standard InChI is InChI=1S/C15H19NO2/c1-15(2,3)10-4-5-12-11(7-10)14-9(8-18-12)6-13(17)16-14/h4-5,7,9,14H,6,8H2,1-3H3,(H,16,17)/t9-,14-/m0/s1. The minimum atomic E-state index is 0.116. The molecule has 96 valence electrons. The van der Waals surface area contributed by atoms with Gasteiger partial charge in [0.15, 0.2) is 0 Å². The lowest BCUT2D eigenvalue weighted by Crippen LogP contribution is -2.28. The van der Waals surface area contributed by atoms with E-state index in [9.17, 15) is 4.79 Å². The molecular formula is C15H19NO2. The number of carbonyl (C=O) groups excluding carboxylic acids is 1. The molecule has 2 aliphatic heterocycles. The van der Waals surface area contributed by atoms with Crippen molar-refractivity contribution in [3.8, 4) is 5.75 Å². The molecule has 0 aromatic heterocycles. The SMILES string of the molecule is CC(C)(C)c1ccc2c(c1)[C@H]1NC(=O)C[C@H]1CO2. The van der Waals surface area contributed by atoms with Gasteiger partial charge in [-0.05, 0) is 23.1 Å². The highest BCUT2D eigenvalue weighted by atomic mass is 16.5. The zero-order valence-electron chi connectivity index (χ0n) is 11.1. The average Bonchev–Trinajstić information content (AvgIpc) is 2.68. The molecule has 2 aliphatic rings. The summed E-state index contributed by atoms with van der Waals surface area (Å²) in [6.45, 7) is 7.24. The fourth-order valence-electron chi connectivity index (χ4n) is 2.78. The van der Waals surface area contributed by atoms with Crippen molar-refractivity contribution in [2.24, 2.45) is 5.92 Å². The van der Waals surface area contributed by atoms with Crippen LogP contribution in [0.3, 0.4) is 0 Å². The summed E-state index contributed by atoms with van der Waals surface area (Å²) in [7, 11) is 0. The van der Waals surface area contributed by atoms with E-state index in [2.05, 4.69) is 38.2 Å². The van der Waals surface area contributed by atoms with Gasteiger partial charge in [-0.15, -0.1) is 0 Å². The Morgan fingerprint density at radius 1 is 1.33 bits per heavy atom. The molecule has 1 aromatic carbocycles. The van der Waals surface area contributed by atoms with Gasteiger partial charge in [-0.2, -0.15) is 0 Å². The van der Waals surface area contributed by atoms with Crippen LogP contribution >= 0.6 is 0 Å². The minimum Gasteiger partial charge on any atom is -0.493 e. The van der Waals surface area contributed by atoms with Crippen molar-refractivity contribution in [1.29, 1.82) is 0 Å². The monoisotopic (exact) mass is 245 g/mol. The number of nitrogens with one attached hydrogen (secondary N) is 1. The summed E-state index contributed by atoms with van der Waals surface area (Å²) in [4.78, 5) is 11.5. The summed E-state index contributed by atoms with van der Waals surface area (Å²) >= 11 is 0. The zero-order valence-corrected chi connectivity index (χ0v) is 11.1. The second kappa shape index (κ2) is 3.74. The highest BCUT2D eigenvalue weighted by Gasteiger charge is 2.39. The molecule has 18 heavy (non-hydrogen) atoms. The molecule has 0 spiro atoms. The van der Waals surface area contributed by atoms with Crippen molar-refractivity contribution in [2.75, 3.05) is 6.61 Å². The van der Waals surface area contributed by atoms with Gasteiger partial charge < -0.3 is 10.1 Å². The van der Waals surface area contributed by atoms with Crippen molar-refractivity contribution in [1.82, 2.24) is 5.32 Å². The Morgan fingerprint density at radius 2 is 2.11 bits per heavy atom. The fraction of sp³-hybridized carbons (Fsp3) is 0.533. The van der Waals surface area contributed by atoms with Crippen molar-refractivity contribution in [2.45, 2.75) is 38.6 Å². The van der Waals surface area contributed by atoms with Crippen LogP contribution in [0.1, 0.15) is 44.4 Å². The van der Waals surface area contributed by atoms with Crippen molar-refractivity contribution >= 4 is 5.91 Å². The van der Waals surface area contributed by atoms with Gasteiger partial charge in [0.2, 0.25) is 5.91 Å². The van der Waals surface area contributed by atoms with Gasteiger partial charge in [0.1, 0.15) is 5.75 Å². The Balaban J connectivity index is 2.04. The van der Waals surface area contributed by atoms with E-state index in [1.165, 1.54) is 5.56 Å². The quantitative estimate of drug-likeness (QED) is 0.763. The molecule has 0 radical (unpaired) electrons. The molecule has 1 N–H and O–H groups in total. The molecule has 0 saturated carbocycles. The van der Waals surface area contributed by atoms with E-state index in [0.717, 1.165) is 11.3 Å². The van der Waals surface area contributed by atoms with Gasteiger partial charge in [0.05, 0.1) is 12.6 Å². The molecule has 1 amide bonds. The molecule has 1 aromatic rings. The minimum absolute atomic E-state index is 0.116. The molecule has 0 bridgehead atoms. The average molecular weight is 245 g/mol. The number of carbonyl (C=O) groups is 1. The van der Waals surface area contributed by atoms with Crippen LogP contribution in [0.4, 0.5) is 0 Å². The molecule has 0 aliphatic carbocycles. The number of benzene rings is 1. The molecular weight excluding hydrogens is 226 g/mol. The maximum Gasteiger partial charge on any atom is 0.220 e. The first kappa shape index (κ1) is 11.6. The third-order valence-corrected chi connectivity index (χ3v) is 3.90. The summed E-state index contributed by atoms with van der Waals surface area (Å²) in [6.07, 6.45) is 0.587. The van der Waals surface area contributed by atoms with Gasteiger partial charge in [0, 0.05) is 17.9 Å². The molecule has 3 nitrogen and oxygen atoms in total. The van der Waals surface area contributed by atoms with E-state index in [1.54, 1.807) is 0 Å². The lowest BCUT2D eigenvalue weighted by Gasteiger charge is -2.30. The first-order chi connectivity index (χ1) is 8.45. The Labute approximate surface area is 108 Å². The van der Waals surface area contributed by atoms with Gasteiger partial charge in [-0.25, -0.2) is 0 Å². The summed E-state index contributed by atoms with van der Waals surface area (Å²) in [5.74, 6) is 1.36. The second-order valence-electron chi connectivity index (χ2n) is 6.32. The van der Waals surface area contributed by atoms with Gasteiger partial charge in [0.25, 0.3) is 0 Å². The molecule has 2 heterocycles. The van der Waals surface area contributed by atoms with Crippen LogP contribution in [0.15, 0.2) is 18.2 Å². The Kier molecular flexibility index (Phi) is 2.40. The maximum absolute atomic E-state index is 11.5. The van der Waals surface area contributed by atoms with Crippen LogP contribution in [0, 0.1) is 5.92 Å². The molecule has 3 rings (SSSR count). The lowest BCUT2D eigenvalue weighted by atomic mass is 9.83. The Morgan fingerprint density at radius 3 is 2.83 bits per heavy atom. The van der Waals surface area contributed by atoms with Crippen molar-refractivity contribution < 1.29 is 9.53 Å². The largest absolute Gasteiger partial charge is 0.493 e. The normalized spacial score (nSPS) is 26.1. The topological polar surface area (TPSA) is 38.3 Å². The van der Waals surface area contributed by atoms with Gasteiger partial charge in [-0.3, -0.25) is 4.79 Å². The summed E-state index contributed by atoms with van der Waals surface area (Å²) < 4.78 is 5.76. The van der Waals surface area contributed by atoms with Gasteiger partial charge in [-0.1, -0.05) is 26.8 Å². The predicted octanol–water partition coefficient (Wildman–Crippen LogP) is 2.55. The second-order valence-corrected chi connectivity index (χ2v) is 6.32. The number of hydrogen-bond acceptors (Lipinski definition) is 2. The predicted molar refractivity (Wildman–Crippen MR) is 69.6 cm³/mol. The number of amides is 1. The molecule has 1 saturated heterocycles. The number of rotatable bonds is 0. The zero-order chi connectivity index (χ0) is 12.9. The third-order valence-electron chi connectivity index (χ3n) is 3.90. The van der Waals surface area contributed by atoms with Crippen LogP contribution in [0.2, 0.25) is 0 Å². The van der Waals surface area contributed by atoms with Crippen molar-refractivity contribution in [3.63, 3.8) is 0 Å². The van der Waals surface area contributed by atoms with E-state index in [1.807, 2.05) is 6.07 Å². The lowest BCUT2D eigenvalue weighted by molar-refractivity contribution is -0.119. The van der Waals surface area contributed by atoms with Gasteiger partial charge >= 0.3 is 0 Å².